The van der Waals surface area contributed by atoms with Gasteiger partial charge in [0, 0.05) is 38.3 Å². The van der Waals surface area contributed by atoms with Gasteiger partial charge in [-0.05, 0) is 32.3 Å². The molecule has 1 aromatic carbocycles. The maximum atomic E-state index is 12.2. The zero-order valence-corrected chi connectivity index (χ0v) is 15.5. The molecule has 5 nitrogen and oxygen atoms in total. The van der Waals surface area contributed by atoms with E-state index in [4.69, 9.17) is 4.74 Å². The van der Waals surface area contributed by atoms with E-state index >= 15 is 0 Å². The third kappa shape index (κ3) is 5.27. The van der Waals surface area contributed by atoms with Gasteiger partial charge in [0.05, 0.1) is 19.8 Å². The third-order valence-electron chi connectivity index (χ3n) is 5.38. The summed E-state index contributed by atoms with van der Waals surface area (Å²) in [6, 6.07) is 9.45. The molecule has 2 aliphatic heterocycles. The summed E-state index contributed by atoms with van der Waals surface area (Å²) in [7, 11) is 0. The van der Waals surface area contributed by atoms with Gasteiger partial charge in [-0.3, -0.25) is 14.6 Å². The van der Waals surface area contributed by atoms with Crippen LogP contribution in [0.3, 0.4) is 0 Å². The maximum Gasteiger partial charge on any atom is 0.234 e. The van der Waals surface area contributed by atoms with Crippen LogP contribution in [0.1, 0.15) is 30.9 Å². The lowest BCUT2D eigenvalue weighted by Gasteiger charge is -2.43. The van der Waals surface area contributed by atoms with E-state index in [1.54, 1.807) is 0 Å². The average molecular weight is 345 g/mol. The molecule has 0 spiro atoms. The minimum atomic E-state index is 0.125. The Balaban J connectivity index is 1.39. The molecular formula is C20H31N3O2. The molecule has 2 heterocycles. The number of likely N-dealkylation sites (tertiary alicyclic amines) is 1. The van der Waals surface area contributed by atoms with E-state index in [0.29, 0.717) is 25.2 Å². The van der Waals surface area contributed by atoms with Crippen molar-refractivity contribution in [3.8, 4) is 0 Å². The van der Waals surface area contributed by atoms with Crippen LogP contribution in [0.4, 0.5) is 0 Å². The lowest BCUT2D eigenvalue weighted by Crippen LogP contribution is -2.53. The number of piperidine rings is 1. The Morgan fingerprint density at radius 1 is 1.28 bits per heavy atom. The van der Waals surface area contributed by atoms with E-state index in [1.165, 1.54) is 5.56 Å². The molecule has 1 aromatic rings. The Morgan fingerprint density at radius 3 is 2.80 bits per heavy atom. The summed E-state index contributed by atoms with van der Waals surface area (Å²) < 4.78 is 5.54. The highest BCUT2D eigenvalue weighted by atomic mass is 16.5. The number of aryl methyl sites for hydroxylation is 1. The van der Waals surface area contributed by atoms with Gasteiger partial charge in [0.1, 0.15) is 0 Å². The van der Waals surface area contributed by atoms with Crippen LogP contribution >= 0.6 is 0 Å². The van der Waals surface area contributed by atoms with Gasteiger partial charge in [0.2, 0.25) is 5.91 Å². The minimum Gasteiger partial charge on any atom is -0.379 e. The van der Waals surface area contributed by atoms with Crippen LogP contribution in [0.2, 0.25) is 0 Å². The minimum absolute atomic E-state index is 0.125. The van der Waals surface area contributed by atoms with E-state index in [0.717, 1.165) is 51.3 Å². The summed E-state index contributed by atoms with van der Waals surface area (Å²) in [5.41, 5.74) is 2.39. The number of nitrogens with zero attached hydrogens (tertiary/aromatic N) is 2. The van der Waals surface area contributed by atoms with Gasteiger partial charge < -0.3 is 10.1 Å². The van der Waals surface area contributed by atoms with Gasteiger partial charge >= 0.3 is 0 Å². The first-order valence-electron chi connectivity index (χ1n) is 9.50. The summed E-state index contributed by atoms with van der Waals surface area (Å²) in [4.78, 5) is 17.1. The molecule has 0 radical (unpaired) electrons. The molecule has 0 aliphatic carbocycles. The third-order valence-corrected chi connectivity index (χ3v) is 5.38. The number of nitrogens with one attached hydrogen (secondary N) is 1. The maximum absolute atomic E-state index is 12.2. The second-order valence-electron chi connectivity index (χ2n) is 7.43. The lowest BCUT2D eigenvalue weighted by molar-refractivity contribution is -0.123. The Labute approximate surface area is 151 Å². The molecule has 25 heavy (non-hydrogen) atoms. The highest BCUT2D eigenvalue weighted by Gasteiger charge is 2.29. The zero-order valence-electron chi connectivity index (χ0n) is 15.5. The van der Waals surface area contributed by atoms with Gasteiger partial charge in [0.15, 0.2) is 0 Å². The number of carbonyl (C=O) groups is 1. The summed E-state index contributed by atoms with van der Waals surface area (Å²) in [6.45, 7) is 10.2. The highest BCUT2D eigenvalue weighted by molar-refractivity contribution is 5.78. The molecule has 1 amide bonds. The molecule has 1 N–H and O–H groups in total. The number of hydrogen-bond acceptors (Lipinski definition) is 4. The van der Waals surface area contributed by atoms with Crippen molar-refractivity contribution in [2.45, 2.75) is 45.3 Å². The summed E-state index contributed by atoms with van der Waals surface area (Å²) in [5, 5.41) is 3.05. The van der Waals surface area contributed by atoms with Crippen molar-refractivity contribution in [1.82, 2.24) is 15.1 Å². The van der Waals surface area contributed by atoms with E-state index in [2.05, 4.69) is 47.2 Å². The first kappa shape index (κ1) is 18.4. The van der Waals surface area contributed by atoms with Gasteiger partial charge in [0.25, 0.3) is 0 Å². The molecule has 2 saturated heterocycles. The van der Waals surface area contributed by atoms with Crippen molar-refractivity contribution in [2.24, 2.45) is 0 Å². The Morgan fingerprint density at radius 2 is 2.08 bits per heavy atom. The fraction of sp³-hybridized carbons (Fsp3) is 0.650. The molecule has 2 fully saturated rings. The van der Waals surface area contributed by atoms with Gasteiger partial charge in [-0.1, -0.05) is 29.8 Å². The molecule has 0 aromatic heterocycles. The number of amides is 1. The fourth-order valence-corrected chi connectivity index (χ4v) is 3.97. The number of hydrogen-bond donors (Lipinski definition) is 1. The molecule has 138 valence electrons. The van der Waals surface area contributed by atoms with Crippen LogP contribution in [-0.2, 0) is 16.1 Å². The SMILES string of the molecule is Cc1cccc(CNC(=O)CN2CCC(N3CCOC[C@H]3C)CC2)c1. The standard InChI is InChI=1S/C20H31N3O2/c1-16-4-3-5-18(12-16)13-21-20(24)14-22-8-6-19(7-9-22)23-10-11-25-15-17(23)2/h3-5,12,17,19H,6-11,13-15H2,1-2H3,(H,21,24)/t17-/m1/s1. The molecule has 2 aliphatic rings. The lowest BCUT2D eigenvalue weighted by atomic mass is 10.0. The molecule has 0 unspecified atom stereocenters. The fourth-order valence-electron chi connectivity index (χ4n) is 3.97. The predicted octanol–water partition coefficient (Wildman–Crippen LogP) is 1.80. The van der Waals surface area contributed by atoms with Crippen molar-refractivity contribution in [2.75, 3.05) is 39.4 Å². The molecule has 0 bridgehead atoms. The predicted molar refractivity (Wildman–Crippen MR) is 99.5 cm³/mol. The zero-order chi connectivity index (χ0) is 17.6. The van der Waals surface area contributed by atoms with Crippen molar-refractivity contribution < 1.29 is 9.53 Å². The van der Waals surface area contributed by atoms with Crippen LogP contribution in [0.5, 0.6) is 0 Å². The smallest absolute Gasteiger partial charge is 0.234 e. The first-order valence-corrected chi connectivity index (χ1v) is 9.50. The molecule has 1 atom stereocenters. The number of rotatable bonds is 5. The second kappa shape index (κ2) is 8.79. The monoisotopic (exact) mass is 345 g/mol. The Kier molecular flexibility index (Phi) is 6.45. The van der Waals surface area contributed by atoms with Crippen LogP contribution in [0.15, 0.2) is 24.3 Å². The van der Waals surface area contributed by atoms with Gasteiger partial charge in [-0.2, -0.15) is 0 Å². The summed E-state index contributed by atoms with van der Waals surface area (Å²) in [5.74, 6) is 0.125. The first-order chi connectivity index (χ1) is 12.1. The molecule has 3 rings (SSSR count). The van der Waals surface area contributed by atoms with Gasteiger partial charge in [-0.25, -0.2) is 0 Å². The normalized spacial score (nSPS) is 23.5. The number of ether oxygens (including phenoxy) is 1. The topological polar surface area (TPSA) is 44.8 Å². The van der Waals surface area contributed by atoms with Crippen molar-refractivity contribution in [1.29, 1.82) is 0 Å². The molecular weight excluding hydrogens is 314 g/mol. The number of carbonyl (C=O) groups excluding carboxylic acids is 1. The van der Waals surface area contributed by atoms with Crippen molar-refractivity contribution in [3.05, 3.63) is 35.4 Å². The van der Waals surface area contributed by atoms with Crippen molar-refractivity contribution >= 4 is 5.91 Å². The van der Waals surface area contributed by atoms with Crippen LogP contribution in [-0.4, -0.2) is 67.2 Å². The summed E-state index contributed by atoms with van der Waals surface area (Å²) >= 11 is 0. The van der Waals surface area contributed by atoms with E-state index in [-0.39, 0.29) is 5.91 Å². The average Bonchev–Trinajstić information content (AvgIpc) is 2.61. The summed E-state index contributed by atoms with van der Waals surface area (Å²) in [6.07, 6.45) is 2.30. The number of morpholine rings is 1. The van der Waals surface area contributed by atoms with Crippen LogP contribution in [0, 0.1) is 6.92 Å². The van der Waals surface area contributed by atoms with E-state index < -0.39 is 0 Å². The van der Waals surface area contributed by atoms with Gasteiger partial charge in [-0.15, -0.1) is 0 Å². The largest absolute Gasteiger partial charge is 0.379 e. The van der Waals surface area contributed by atoms with E-state index in [9.17, 15) is 4.79 Å². The molecule has 0 saturated carbocycles. The van der Waals surface area contributed by atoms with E-state index in [1.807, 2.05) is 6.07 Å². The Bertz CT molecular complexity index is 570. The number of benzene rings is 1. The highest BCUT2D eigenvalue weighted by Crippen LogP contribution is 2.20. The van der Waals surface area contributed by atoms with Crippen molar-refractivity contribution in [3.63, 3.8) is 0 Å². The molecule has 5 heteroatoms. The second-order valence-corrected chi connectivity index (χ2v) is 7.43. The van der Waals surface area contributed by atoms with Crippen LogP contribution < -0.4 is 5.32 Å². The van der Waals surface area contributed by atoms with Crippen LogP contribution in [0.25, 0.3) is 0 Å². The Hall–Kier alpha value is -1.43. The quantitative estimate of drug-likeness (QED) is 0.884.